The smallest absolute Gasteiger partial charge is 0.407 e. The van der Waals surface area contributed by atoms with Gasteiger partial charge in [0.05, 0.1) is 18.1 Å². The van der Waals surface area contributed by atoms with E-state index in [2.05, 4.69) is 5.32 Å². The maximum Gasteiger partial charge on any atom is 0.407 e. The number of amides is 2. The van der Waals surface area contributed by atoms with Gasteiger partial charge in [0.25, 0.3) is 0 Å². The number of halogens is 1. The highest BCUT2D eigenvalue weighted by Crippen LogP contribution is 2.42. The van der Waals surface area contributed by atoms with Crippen molar-refractivity contribution in [2.24, 2.45) is 0 Å². The molecule has 0 radical (unpaired) electrons. The Bertz CT molecular complexity index is 771. The summed E-state index contributed by atoms with van der Waals surface area (Å²) in [5.74, 6) is -0.789. The summed E-state index contributed by atoms with van der Waals surface area (Å²) in [5, 5.41) is 14.8. The first-order valence-corrected chi connectivity index (χ1v) is 11.2. The molecule has 1 aromatic rings. The first kappa shape index (κ1) is 22.9. The minimum absolute atomic E-state index is 0.121. The van der Waals surface area contributed by atoms with E-state index in [0.717, 1.165) is 24.8 Å². The number of carbonyl (C=O) groups is 2. The molecule has 0 spiro atoms. The molecular weight excluding hydrogens is 404 g/mol. The number of hydrogen-bond donors (Lipinski definition) is 2. The van der Waals surface area contributed by atoms with E-state index in [-0.39, 0.29) is 17.6 Å². The molecule has 1 saturated carbocycles. The van der Waals surface area contributed by atoms with E-state index in [4.69, 9.17) is 16.3 Å². The number of aliphatic hydroxyl groups is 1. The predicted molar refractivity (Wildman–Crippen MR) is 117 cm³/mol. The van der Waals surface area contributed by atoms with Crippen LogP contribution in [0.2, 0.25) is 5.02 Å². The number of benzene rings is 1. The van der Waals surface area contributed by atoms with Gasteiger partial charge in [-0.1, -0.05) is 43.0 Å². The van der Waals surface area contributed by atoms with Crippen molar-refractivity contribution in [3.8, 4) is 0 Å². The standard InChI is InChI=1S/C23H33ClN2O4/c1-22(2,3)25-21(28)30-18-10-13-26(15-18)20(27)19(16-8-7-9-17(24)14-16)23(29)11-5-4-6-12-23/h7-9,14,18-19,29H,4-6,10-13,15H2,1-3H3,(H,25,28)/t18-,19+/m0/s1. The Hall–Kier alpha value is -1.79. The SMILES string of the molecule is CC(C)(C)NC(=O)O[C@H]1CCN(C(=O)[C@@H](c2cccc(Cl)c2)C2(O)CCCCC2)C1. The second-order valence-electron chi connectivity index (χ2n) is 9.63. The fourth-order valence-electron chi connectivity index (χ4n) is 4.52. The summed E-state index contributed by atoms with van der Waals surface area (Å²) < 4.78 is 5.52. The average molecular weight is 437 g/mol. The number of carbonyl (C=O) groups excluding carboxylic acids is 2. The van der Waals surface area contributed by atoms with Crippen LogP contribution in [0.5, 0.6) is 0 Å². The van der Waals surface area contributed by atoms with Gasteiger partial charge in [-0.25, -0.2) is 4.79 Å². The Morgan fingerprint density at radius 2 is 1.97 bits per heavy atom. The lowest BCUT2D eigenvalue weighted by atomic mass is 9.72. The zero-order valence-electron chi connectivity index (χ0n) is 18.1. The number of ether oxygens (including phenoxy) is 1. The van der Waals surface area contributed by atoms with E-state index in [1.54, 1.807) is 17.0 Å². The molecule has 1 aliphatic carbocycles. The van der Waals surface area contributed by atoms with Crippen molar-refractivity contribution in [3.63, 3.8) is 0 Å². The molecule has 0 unspecified atom stereocenters. The van der Waals surface area contributed by atoms with Crippen LogP contribution in [-0.2, 0) is 9.53 Å². The molecule has 2 aliphatic rings. The van der Waals surface area contributed by atoms with Gasteiger partial charge in [0.15, 0.2) is 0 Å². The molecule has 0 bridgehead atoms. The number of nitrogens with one attached hydrogen (secondary N) is 1. The fourth-order valence-corrected chi connectivity index (χ4v) is 4.71. The number of likely N-dealkylation sites (tertiary alicyclic amines) is 1. The van der Waals surface area contributed by atoms with Crippen LogP contribution in [0, 0.1) is 0 Å². The van der Waals surface area contributed by atoms with E-state index in [1.807, 2.05) is 32.9 Å². The number of alkyl carbamates (subject to hydrolysis) is 1. The number of nitrogens with zero attached hydrogens (tertiary/aromatic N) is 1. The highest BCUT2D eigenvalue weighted by atomic mass is 35.5. The molecule has 7 heteroatoms. The molecule has 6 nitrogen and oxygen atoms in total. The van der Waals surface area contributed by atoms with Crippen molar-refractivity contribution in [2.45, 2.75) is 82.5 Å². The molecule has 0 aromatic heterocycles. The minimum atomic E-state index is -1.08. The molecule has 2 atom stereocenters. The van der Waals surface area contributed by atoms with Gasteiger partial charge in [-0.15, -0.1) is 0 Å². The summed E-state index contributed by atoms with van der Waals surface area (Å²) in [4.78, 5) is 27.4. The Morgan fingerprint density at radius 1 is 1.27 bits per heavy atom. The lowest BCUT2D eigenvalue weighted by Crippen LogP contribution is -2.48. The van der Waals surface area contributed by atoms with Crippen molar-refractivity contribution in [1.82, 2.24) is 10.2 Å². The highest BCUT2D eigenvalue weighted by Gasteiger charge is 2.46. The van der Waals surface area contributed by atoms with Gasteiger partial charge in [-0.2, -0.15) is 0 Å². The third-order valence-corrected chi connectivity index (χ3v) is 6.13. The molecule has 1 heterocycles. The molecule has 1 aliphatic heterocycles. The summed E-state index contributed by atoms with van der Waals surface area (Å²) in [6.07, 6.45) is 3.83. The van der Waals surface area contributed by atoms with Crippen molar-refractivity contribution >= 4 is 23.6 Å². The summed E-state index contributed by atoms with van der Waals surface area (Å²) in [6.45, 7) is 6.50. The predicted octanol–water partition coefficient (Wildman–Crippen LogP) is 4.24. The van der Waals surface area contributed by atoms with E-state index >= 15 is 0 Å². The van der Waals surface area contributed by atoms with Crippen molar-refractivity contribution in [3.05, 3.63) is 34.9 Å². The molecular formula is C23H33ClN2O4. The molecule has 2 N–H and O–H groups in total. The Kier molecular flexibility index (Phi) is 6.98. The number of rotatable bonds is 4. The molecule has 3 rings (SSSR count). The van der Waals surface area contributed by atoms with Crippen LogP contribution < -0.4 is 5.32 Å². The van der Waals surface area contributed by atoms with E-state index in [0.29, 0.717) is 37.4 Å². The minimum Gasteiger partial charge on any atom is -0.444 e. The summed E-state index contributed by atoms with van der Waals surface area (Å²) >= 11 is 6.20. The van der Waals surface area contributed by atoms with Gasteiger partial charge in [0, 0.05) is 23.5 Å². The Balaban J connectivity index is 1.75. The van der Waals surface area contributed by atoms with Crippen molar-refractivity contribution in [2.75, 3.05) is 13.1 Å². The van der Waals surface area contributed by atoms with Crippen LogP contribution in [0.25, 0.3) is 0 Å². The van der Waals surface area contributed by atoms with Crippen LogP contribution in [0.15, 0.2) is 24.3 Å². The monoisotopic (exact) mass is 436 g/mol. The second-order valence-corrected chi connectivity index (χ2v) is 10.1. The van der Waals surface area contributed by atoms with E-state index in [9.17, 15) is 14.7 Å². The largest absolute Gasteiger partial charge is 0.444 e. The van der Waals surface area contributed by atoms with Crippen LogP contribution in [0.3, 0.4) is 0 Å². The van der Waals surface area contributed by atoms with Gasteiger partial charge < -0.3 is 20.1 Å². The molecule has 30 heavy (non-hydrogen) atoms. The van der Waals surface area contributed by atoms with Gasteiger partial charge in [0.2, 0.25) is 5.91 Å². The van der Waals surface area contributed by atoms with Gasteiger partial charge in [0.1, 0.15) is 6.10 Å². The fraction of sp³-hybridized carbons (Fsp3) is 0.652. The van der Waals surface area contributed by atoms with E-state index < -0.39 is 17.6 Å². The zero-order valence-corrected chi connectivity index (χ0v) is 18.9. The first-order chi connectivity index (χ1) is 14.1. The van der Waals surface area contributed by atoms with Crippen LogP contribution in [0.1, 0.15) is 70.8 Å². The Morgan fingerprint density at radius 3 is 2.60 bits per heavy atom. The quantitative estimate of drug-likeness (QED) is 0.739. The normalized spacial score (nSPS) is 22.4. The lowest BCUT2D eigenvalue weighted by Gasteiger charge is -2.40. The third kappa shape index (κ3) is 5.67. The maximum atomic E-state index is 13.6. The van der Waals surface area contributed by atoms with Crippen LogP contribution >= 0.6 is 11.6 Å². The van der Waals surface area contributed by atoms with Crippen LogP contribution in [-0.4, -0.2) is 52.3 Å². The van der Waals surface area contributed by atoms with Gasteiger partial charge in [-0.3, -0.25) is 4.79 Å². The molecule has 2 fully saturated rings. The van der Waals surface area contributed by atoms with Crippen molar-refractivity contribution < 1.29 is 19.4 Å². The summed E-state index contributed by atoms with van der Waals surface area (Å²) in [5.41, 5.74) is -0.720. The first-order valence-electron chi connectivity index (χ1n) is 10.8. The van der Waals surface area contributed by atoms with Crippen LogP contribution in [0.4, 0.5) is 4.79 Å². The molecule has 2 amide bonds. The average Bonchev–Trinajstić information content (AvgIpc) is 3.09. The maximum absolute atomic E-state index is 13.6. The Labute approximate surface area is 183 Å². The summed E-state index contributed by atoms with van der Waals surface area (Å²) in [7, 11) is 0. The zero-order chi connectivity index (χ0) is 21.9. The highest BCUT2D eigenvalue weighted by molar-refractivity contribution is 6.30. The second kappa shape index (κ2) is 9.15. The summed E-state index contributed by atoms with van der Waals surface area (Å²) in [6, 6.07) is 7.22. The molecule has 166 valence electrons. The third-order valence-electron chi connectivity index (χ3n) is 5.89. The number of hydrogen-bond acceptors (Lipinski definition) is 4. The topological polar surface area (TPSA) is 78.9 Å². The van der Waals surface area contributed by atoms with Gasteiger partial charge in [-0.05, 0) is 51.3 Å². The molecule has 1 aromatic carbocycles. The lowest BCUT2D eigenvalue weighted by molar-refractivity contribution is -0.141. The van der Waals surface area contributed by atoms with Crippen molar-refractivity contribution in [1.29, 1.82) is 0 Å². The van der Waals surface area contributed by atoms with E-state index in [1.165, 1.54) is 0 Å². The van der Waals surface area contributed by atoms with Gasteiger partial charge >= 0.3 is 6.09 Å². The molecule has 1 saturated heterocycles.